The van der Waals surface area contributed by atoms with Crippen molar-refractivity contribution in [3.63, 3.8) is 0 Å². The molecule has 0 aliphatic heterocycles. The van der Waals surface area contributed by atoms with Crippen LogP contribution >= 0.6 is 11.3 Å². The van der Waals surface area contributed by atoms with Gasteiger partial charge in [0.25, 0.3) is 0 Å². The SMILES string of the molecule is CCCNc1nc(CC)nc2sc(C)c(C)c12. The fourth-order valence-corrected chi connectivity index (χ4v) is 2.87. The summed E-state index contributed by atoms with van der Waals surface area (Å²) in [7, 11) is 0. The number of thiophene rings is 1. The summed E-state index contributed by atoms with van der Waals surface area (Å²) in [6, 6.07) is 0. The molecule has 2 heterocycles. The largest absolute Gasteiger partial charge is 0.369 e. The summed E-state index contributed by atoms with van der Waals surface area (Å²) in [6.07, 6.45) is 1.99. The molecule has 2 rings (SSSR count). The van der Waals surface area contributed by atoms with Crippen LogP contribution in [0.15, 0.2) is 0 Å². The van der Waals surface area contributed by atoms with E-state index in [-0.39, 0.29) is 0 Å². The molecule has 0 bridgehead atoms. The number of hydrogen-bond donors (Lipinski definition) is 1. The average Bonchev–Trinajstić information content (AvgIpc) is 2.62. The highest BCUT2D eigenvalue weighted by molar-refractivity contribution is 7.18. The van der Waals surface area contributed by atoms with E-state index in [1.54, 1.807) is 11.3 Å². The van der Waals surface area contributed by atoms with Gasteiger partial charge in [-0.1, -0.05) is 13.8 Å². The summed E-state index contributed by atoms with van der Waals surface area (Å²) in [5.41, 5.74) is 1.31. The van der Waals surface area contributed by atoms with Crippen molar-refractivity contribution < 1.29 is 0 Å². The highest BCUT2D eigenvalue weighted by Gasteiger charge is 2.13. The first-order chi connectivity index (χ1) is 8.17. The molecule has 0 fully saturated rings. The van der Waals surface area contributed by atoms with Crippen LogP contribution in [0.1, 0.15) is 36.5 Å². The topological polar surface area (TPSA) is 37.8 Å². The van der Waals surface area contributed by atoms with Crippen molar-refractivity contribution in [2.45, 2.75) is 40.5 Å². The molecule has 0 atom stereocenters. The Morgan fingerprint density at radius 1 is 1.18 bits per heavy atom. The molecule has 0 aliphatic rings. The van der Waals surface area contributed by atoms with Crippen LogP contribution < -0.4 is 5.32 Å². The molecule has 0 saturated heterocycles. The Morgan fingerprint density at radius 2 is 1.94 bits per heavy atom. The standard InChI is InChI=1S/C13H19N3S/c1-5-7-14-12-11-8(3)9(4)17-13(11)16-10(6-2)15-12/h5-7H2,1-4H3,(H,14,15,16). The third-order valence-electron chi connectivity index (χ3n) is 2.93. The lowest BCUT2D eigenvalue weighted by molar-refractivity contribution is 0.934. The Kier molecular flexibility index (Phi) is 3.62. The molecule has 0 amide bonds. The lowest BCUT2D eigenvalue weighted by atomic mass is 10.2. The van der Waals surface area contributed by atoms with E-state index < -0.39 is 0 Å². The molecule has 0 unspecified atom stereocenters. The van der Waals surface area contributed by atoms with E-state index in [0.29, 0.717) is 0 Å². The van der Waals surface area contributed by atoms with Crippen molar-refractivity contribution in [3.05, 3.63) is 16.3 Å². The molecule has 17 heavy (non-hydrogen) atoms. The minimum absolute atomic E-state index is 0.882. The quantitative estimate of drug-likeness (QED) is 0.898. The predicted octanol–water partition coefficient (Wildman–Crippen LogP) is 3.69. The van der Waals surface area contributed by atoms with Crippen LogP contribution in [0.4, 0.5) is 5.82 Å². The summed E-state index contributed by atoms with van der Waals surface area (Å²) in [5, 5.41) is 4.63. The van der Waals surface area contributed by atoms with Gasteiger partial charge in [-0.3, -0.25) is 0 Å². The number of rotatable bonds is 4. The van der Waals surface area contributed by atoms with Gasteiger partial charge in [-0.15, -0.1) is 11.3 Å². The third-order valence-corrected chi connectivity index (χ3v) is 4.03. The van der Waals surface area contributed by atoms with Crippen LogP contribution in [0.5, 0.6) is 0 Å². The lowest BCUT2D eigenvalue weighted by Gasteiger charge is -2.07. The zero-order valence-electron chi connectivity index (χ0n) is 10.9. The van der Waals surface area contributed by atoms with Crippen LogP contribution in [0.25, 0.3) is 10.2 Å². The minimum Gasteiger partial charge on any atom is -0.369 e. The van der Waals surface area contributed by atoms with Gasteiger partial charge >= 0.3 is 0 Å². The van der Waals surface area contributed by atoms with Gasteiger partial charge in [0, 0.05) is 17.8 Å². The van der Waals surface area contributed by atoms with Crippen molar-refractivity contribution in [1.29, 1.82) is 0 Å². The van der Waals surface area contributed by atoms with E-state index in [0.717, 1.165) is 35.9 Å². The monoisotopic (exact) mass is 249 g/mol. The fraction of sp³-hybridized carbons (Fsp3) is 0.538. The number of anilines is 1. The zero-order valence-corrected chi connectivity index (χ0v) is 11.7. The molecule has 3 nitrogen and oxygen atoms in total. The Morgan fingerprint density at radius 3 is 2.59 bits per heavy atom. The predicted molar refractivity (Wildman–Crippen MR) is 75.0 cm³/mol. The maximum atomic E-state index is 4.62. The van der Waals surface area contributed by atoms with Gasteiger partial charge < -0.3 is 5.32 Å². The van der Waals surface area contributed by atoms with Crippen LogP contribution in [0.3, 0.4) is 0 Å². The number of hydrogen-bond acceptors (Lipinski definition) is 4. The normalized spacial score (nSPS) is 11.1. The number of nitrogens with zero attached hydrogens (tertiary/aromatic N) is 2. The Labute approximate surface area is 106 Å². The molecular weight excluding hydrogens is 230 g/mol. The van der Waals surface area contributed by atoms with E-state index in [4.69, 9.17) is 0 Å². The third kappa shape index (κ3) is 2.27. The van der Waals surface area contributed by atoms with Gasteiger partial charge in [0.2, 0.25) is 0 Å². The van der Waals surface area contributed by atoms with Crippen LogP contribution in [-0.4, -0.2) is 16.5 Å². The van der Waals surface area contributed by atoms with Crippen LogP contribution in [-0.2, 0) is 6.42 Å². The van der Waals surface area contributed by atoms with E-state index >= 15 is 0 Å². The van der Waals surface area contributed by atoms with Gasteiger partial charge in [0.05, 0.1) is 5.39 Å². The first kappa shape index (κ1) is 12.3. The Bertz CT molecular complexity index is 531. The molecule has 0 radical (unpaired) electrons. The van der Waals surface area contributed by atoms with E-state index in [1.807, 2.05) is 0 Å². The van der Waals surface area contributed by atoms with Crippen molar-refractivity contribution in [3.8, 4) is 0 Å². The summed E-state index contributed by atoms with van der Waals surface area (Å²) in [6.45, 7) is 9.52. The Balaban J connectivity index is 2.59. The first-order valence-corrected chi connectivity index (χ1v) is 6.99. The van der Waals surface area contributed by atoms with Gasteiger partial charge in [0.1, 0.15) is 16.5 Å². The first-order valence-electron chi connectivity index (χ1n) is 6.17. The number of aryl methyl sites for hydroxylation is 3. The molecule has 0 saturated carbocycles. The highest BCUT2D eigenvalue weighted by atomic mass is 32.1. The average molecular weight is 249 g/mol. The molecule has 0 spiro atoms. The lowest BCUT2D eigenvalue weighted by Crippen LogP contribution is -2.05. The minimum atomic E-state index is 0.882. The van der Waals surface area contributed by atoms with Gasteiger partial charge in [-0.2, -0.15) is 0 Å². The zero-order chi connectivity index (χ0) is 12.4. The van der Waals surface area contributed by atoms with Gasteiger partial charge in [-0.05, 0) is 25.8 Å². The maximum absolute atomic E-state index is 4.62. The van der Waals surface area contributed by atoms with Crippen molar-refractivity contribution in [2.24, 2.45) is 0 Å². The fourth-order valence-electron chi connectivity index (χ4n) is 1.82. The Hall–Kier alpha value is -1.16. The maximum Gasteiger partial charge on any atom is 0.138 e. The van der Waals surface area contributed by atoms with Crippen molar-refractivity contribution in [1.82, 2.24) is 9.97 Å². The summed E-state index contributed by atoms with van der Waals surface area (Å²) in [4.78, 5) is 11.7. The molecule has 0 aliphatic carbocycles. The highest BCUT2D eigenvalue weighted by Crippen LogP contribution is 2.33. The second kappa shape index (κ2) is 5.00. The molecule has 1 N–H and O–H groups in total. The second-order valence-corrected chi connectivity index (χ2v) is 5.44. The van der Waals surface area contributed by atoms with E-state index in [2.05, 4.69) is 43.0 Å². The summed E-state index contributed by atoms with van der Waals surface area (Å²) < 4.78 is 0. The number of aromatic nitrogens is 2. The van der Waals surface area contributed by atoms with Crippen LogP contribution in [0.2, 0.25) is 0 Å². The van der Waals surface area contributed by atoms with E-state index in [1.165, 1.54) is 15.8 Å². The van der Waals surface area contributed by atoms with E-state index in [9.17, 15) is 0 Å². The molecule has 2 aromatic heterocycles. The molecule has 92 valence electrons. The number of fused-ring (bicyclic) bond motifs is 1. The number of nitrogens with one attached hydrogen (secondary N) is 1. The molecule has 0 aromatic carbocycles. The second-order valence-electron chi connectivity index (χ2n) is 4.23. The van der Waals surface area contributed by atoms with Crippen molar-refractivity contribution in [2.75, 3.05) is 11.9 Å². The molecule has 4 heteroatoms. The summed E-state index contributed by atoms with van der Waals surface area (Å²) in [5.74, 6) is 1.94. The molecule has 2 aromatic rings. The molecular formula is C13H19N3S. The summed E-state index contributed by atoms with van der Waals surface area (Å²) >= 11 is 1.76. The van der Waals surface area contributed by atoms with Gasteiger partial charge in [0.15, 0.2) is 0 Å². The smallest absolute Gasteiger partial charge is 0.138 e. The van der Waals surface area contributed by atoms with Gasteiger partial charge in [-0.25, -0.2) is 9.97 Å². The van der Waals surface area contributed by atoms with Crippen molar-refractivity contribution >= 4 is 27.4 Å². The van der Waals surface area contributed by atoms with Crippen LogP contribution in [0, 0.1) is 13.8 Å².